The van der Waals surface area contributed by atoms with Crippen LogP contribution in [0, 0.1) is 35.5 Å². The van der Waals surface area contributed by atoms with Crippen molar-refractivity contribution in [2.24, 2.45) is 45.7 Å². The zero-order valence-corrected chi connectivity index (χ0v) is 12.7. The first-order valence-corrected chi connectivity index (χ1v) is 8.83. The lowest BCUT2D eigenvalue weighted by Gasteiger charge is -2.50. The van der Waals surface area contributed by atoms with Crippen LogP contribution < -0.4 is 0 Å². The second-order valence-corrected chi connectivity index (χ2v) is 7.92. The zero-order valence-electron chi connectivity index (χ0n) is 12.7. The van der Waals surface area contributed by atoms with E-state index in [4.69, 9.17) is 15.0 Å². The number of nitrogens with zero attached hydrogens (tertiary/aromatic N) is 3. The molecule has 4 bridgehead atoms. The van der Waals surface area contributed by atoms with Crippen molar-refractivity contribution < 1.29 is 9.53 Å². The topological polar surface area (TPSA) is 54.0 Å². The van der Waals surface area contributed by atoms with Gasteiger partial charge in [-0.1, -0.05) is 12.2 Å². The summed E-state index contributed by atoms with van der Waals surface area (Å²) >= 11 is 0. The average molecular weight is 299 g/mol. The third kappa shape index (κ3) is 1.16. The maximum atomic E-state index is 12.2. The third-order valence-electron chi connectivity index (χ3n) is 7.45. The van der Waals surface area contributed by atoms with Gasteiger partial charge in [-0.05, 0) is 49.4 Å². The smallest absolute Gasteiger partial charge is 0.410 e. The van der Waals surface area contributed by atoms with Crippen LogP contribution in [0.4, 0.5) is 4.79 Å². The van der Waals surface area contributed by atoms with Gasteiger partial charge in [0.1, 0.15) is 0 Å². The average Bonchev–Trinajstić information content (AvgIpc) is 2.92. The fourth-order valence-electron chi connectivity index (χ4n) is 6.96. The first kappa shape index (κ1) is 12.1. The monoisotopic (exact) mass is 299 g/mol. The number of carbonyl (C=O) groups excluding carboxylic acids is 1. The molecule has 10 atom stereocenters. The molecule has 5 heteroatoms. The van der Waals surface area contributed by atoms with Gasteiger partial charge < -0.3 is 4.74 Å². The molecule has 4 fully saturated rings. The number of ether oxygens (including phenoxy) is 1. The fourth-order valence-corrected chi connectivity index (χ4v) is 6.96. The Morgan fingerprint density at radius 3 is 2.68 bits per heavy atom. The molecule has 0 unspecified atom stereocenters. The van der Waals surface area contributed by atoms with Gasteiger partial charge >= 0.3 is 6.09 Å². The minimum absolute atomic E-state index is 0.0906. The molecule has 116 valence electrons. The molecule has 5 nitrogen and oxygen atoms in total. The van der Waals surface area contributed by atoms with Crippen molar-refractivity contribution in [3.8, 4) is 0 Å². The molecule has 3 aliphatic heterocycles. The Hall–Kier alpha value is -1.39. The van der Waals surface area contributed by atoms with Crippen LogP contribution in [0.5, 0.6) is 0 Å². The van der Waals surface area contributed by atoms with Crippen LogP contribution in [0.3, 0.4) is 0 Å². The largest absolute Gasteiger partial charge is 0.450 e. The lowest BCUT2D eigenvalue weighted by molar-refractivity contribution is 0.0273. The maximum Gasteiger partial charge on any atom is 0.410 e. The van der Waals surface area contributed by atoms with Gasteiger partial charge in [0.2, 0.25) is 0 Å². The van der Waals surface area contributed by atoms with E-state index in [1.54, 1.807) is 0 Å². The van der Waals surface area contributed by atoms with Crippen LogP contribution in [0.2, 0.25) is 0 Å². The number of fused-ring (bicyclic) bond motifs is 5. The summed E-state index contributed by atoms with van der Waals surface area (Å²) in [5.74, 6) is 3.95. The van der Waals surface area contributed by atoms with E-state index in [9.17, 15) is 4.79 Å². The number of allylic oxidation sites excluding steroid dienone is 1. The first-order valence-electron chi connectivity index (χ1n) is 8.83. The summed E-state index contributed by atoms with van der Waals surface area (Å²) in [7, 11) is 0. The van der Waals surface area contributed by atoms with Crippen molar-refractivity contribution in [3.63, 3.8) is 0 Å². The highest BCUT2D eigenvalue weighted by Crippen LogP contribution is 2.70. The van der Waals surface area contributed by atoms with Crippen molar-refractivity contribution in [3.05, 3.63) is 12.2 Å². The van der Waals surface area contributed by atoms with E-state index in [0.717, 1.165) is 0 Å². The van der Waals surface area contributed by atoms with Gasteiger partial charge in [0.05, 0.1) is 30.8 Å². The van der Waals surface area contributed by atoms with E-state index >= 15 is 0 Å². The summed E-state index contributed by atoms with van der Waals surface area (Å²) in [5.41, 5.74) is 0. The molecule has 0 N–H and O–H groups in total. The molecule has 22 heavy (non-hydrogen) atoms. The van der Waals surface area contributed by atoms with Crippen molar-refractivity contribution in [1.29, 1.82) is 0 Å². The van der Waals surface area contributed by atoms with Crippen molar-refractivity contribution in [2.45, 2.75) is 43.9 Å². The molecule has 3 saturated carbocycles. The van der Waals surface area contributed by atoms with Gasteiger partial charge in [-0.3, -0.25) is 4.90 Å². The SMILES string of the molecule is CCOC(=O)N1[C@@H]2[C@@H]3C[C@@H]([C@@H]4[C@@H]5N=N[C@@H]([C@H]6C=CC[C@H]65)[C@H]34)[C@@H]21. The van der Waals surface area contributed by atoms with Crippen LogP contribution in [0.1, 0.15) is 19.8 Å². The fraction of sp³-hybridized carbons (Fsp3) is 0.824. The minimum Gasteiger partial charge on any atom is -0.450 e. The van der Waals surface area contributed by atoms with E-state index in [-0.39, 0.29) is 6.09 Å². The van der Waals surface area contributed by atoms with E-state index in [1.807, 2.05) is 11.8 Å². The quantitative estimate of drug-likeness (QED) is 0.552. The summed E-state index contributed by atoms with van der Waals surface area (Å²) < 4.78 is 5.25. The Morgan fingerprint density at radius 1 is 1.18 bits per heavy atom. The Labute approximate surface area is 129 Å². The summed E-state index contributed by atoms with van der Waals surface area (Å²) in [5, 5.41) is 9.41. The predicted octanol–water partition coefficient (Wildman–Crippen LogP) is 2.49. The molecule has 1 amide bonds. The molecular formula is C17H21N3O2. The molecule has 0 spiro atoms. The summed E-state index contributed by atoms with van der Waals surface area (Å²) in [4.78, 5) is 14.2. The van der Waals surface area contributed by atoms with Crippen LogP contribution in [0.15, 0.2) is 22.4 Å². The van der Waals surface area contributed by atoms with Crippen molar-refractivity contribution in [2.75, 3.05) is 6.61 Å². The van der Waals surface area contributed by atoms with Crippen molar-refractivity contribution >= 4 is 6.09 Å². The maximum absolute atomic E-state index is 12.2. The highest BCUT2D eigenvalue weighted by molar-refractivity contribution is 5.73. The highest BCUT2D eigenvalue weighted by Gasteiger charge is 2.76. The zero-order chi connectivity index (χ0) is 14.6. The van der Waals surface area contributed by atoms with E-state index in [1.165, 1.54) is 12.8 Å². The number of azo groups is 1. The molecule has 4 aliphatic carbocycles. The summed E-state index contributed by atoms with van der Waals surface area (Å²) in [6.45, 7) is 2.36. The number of rotatable bonds is 1. The number of hydrogen-bond donors (Lipinski definition) is 0. The van der Waals surface area contributed by atoms with Crippen LogP contribution in [-0.2, 0) is 4.74 Å². The second-order valence-electron chi connectivity index (χ2n) is 7.92. The van der Waals surface area contributed by atoms with Gasteiger partial charge in [0.15, 0.2) is 0 Å². The molecule has 0 aromatic carbocycles. The lowest BCUT2D eigenvalue weighted by atomic mass is 9.58. The van der Waals surface area contributed by atoms with Gasteiger partial charge in [-0.15, -0.1) is 0 Å². The normalized spacial score (nSPS) is 57.8. The molecule has 3 heterocycles. The number of amides is 1. The van der Waals surface area contributed by atoms with Gasteiger partial charge in [-0.2, -0.15) is 10.2 Å². The molecule has 7 rings (SSSR count). The number of likely N-dealkylation sites (tertiary alicyclic amines) is 1. The van der Waals surface area contributed by atoms with Crippen LogP contribution in [-0.4, -0.2) is 41.8 Å². The molecule has 0 aromatic rings. The Balaban J connectivity index is 1.35. The van der Waals surface area contributed by atoms with E-state index in [2.05, 4.69) is 12.2 Å². The predicted molar refractivity (Wildman–Crippen MR) is 78.2 cm³/mol. The highest BCUT2D eigenvalue weighted by atomic mass is 16.6. The number of hydrogen-bond acceptors (Lipinski definition) is 4. The Morgan fingerprint density at radius 2 is 1.91 bits per heavy atom. The number of carbonyl (C=O) groups is 1. The van der Waals surface area contributed by atoms with Crippen LogP contribution in [0.25, 0.3) is 0 Å². The molecule has 0 aromatic heterocycles. The number of piperidine rings is 1. The minimum atomic E-state index is -0.0906. The third-order valence-corrected chi connectivity index (χ3v) is 7.45. The van der Waals surface area contributed by atoms with Gasteiger partial charge in [0, 0.05) is 5.92 Å². The first-order chi connectivity index (χ1) is 10.8. The van der Waals surface area contributed by atoms with Crippen molar-refractivity contribution in [1.82, 2.24) is 4.90 Å². The molecular weight excluding hydrogens is 278 g/mol. The Kier molecular flexibility index (Phi) is 2.05. The van der Waals surface area contributed by atoms with E-state index in [0.29, 0.717) is 66.3 Å². The summed E-state index contributed by atoms with van der Waals surface area (Å²) in [6.07, 6.45) is 7.13. The van der Waals surface area contributed by atoms with Gasteiger partial charge in [-0.25, -0.2) is 4.79 Å². The van der Waals surface area contributed by atoms with Gasteiger partial charge in [0.25, 0.3) is 0 Å². The molecule has 0 radical (unpaired) electrons. The standard InChI is InChI=1S/C17H21N3O2/c1-2-22-17(21)20-15-9-6-10(16(15)20)12-11(9)13-7-4-3-5-8(7)14(12)19-18-13/h3-4,7-16H,2,5-6H2,1H3/t7-,8+,9+,10-,11+,12-,13-,14+,15+,16-,20?/m0/s1. The molecule has 1 saturated heterocycles. The van der Waals surface area contributed by atoms with E-state index < -0.39 is 0 Å². The van der Waals surface area contributed by atoms with Crippen LogP contribution >= 0.6 is 0 Å². The lowest BCUT2D eigenvalue weighted by Crippen LogP contribution is -2.55. The Bertz CT molecular complexity index is 617. The second kappa shape index (κ2) is 3.74. The molecule has 7 aliphatic rings. The summed E-state index contributed by atoms with van der Waals surface area (Å²) in [6, 6.07) is 1.70.